The highest BCUT2D eigenvalue weighted by Gasteiger charge is 2.24. The zero-order chi connectivity index (χ0) is 19.5. The molecule has 1 aliphatic rings. The Kier molecular flexibility index (Phi) is 5.26. The van der Waals surface area contributed by atoms with Crippen molar-refractivity contribution in [3.63, 3.8) is 0 Å². The van der Waals surface area contributed by atoms with Crippen LogP contribution in [-0.2, 0) is 0 Å². The minimum absolute atomic E-state index is 0.154. The molecule has 5 heteroatoms. The van der Waals surface area contributed by atoms with Gasteiger partial charge in [-0.15, -0.1) is 0 Å². The van der Waals surface area contributed by atoms with E-state index in [0.29, 0.717) is 22.9 Å². The van der Waals surface area contributed by atoms with Gasteiger partial charge in [-0.05, 0) is 44.5 Å². The van der Waals surface area contributed by atoms with Gasteiger partial charge in [0.1, 0.15) is 0 Å². The molecule has 0 aliphatic carbocycles. The van der Waals surface area contributed by atoms with Crippen LogP contribution in [0.4, 0.5) is 0 Å². The summed E-state index contributed by atoms with van der Waals surface area (Å²) in [6.07, 6.45) is 3.90. The third kappa shape index (κ3) is 3.71. The summed E-state index contributed by atoms with van der Waals surface area (Å²) in [6, 6.07) is 15.9. The number of fused-ring (bicyclic) bond motifs is 1. The van der Waals surface area contributed by atoms with Crippen molar-refractivity contribution in [1.29, 1.82) is 0 Å². The molecular weight excluding hydrogens is 350 g/mol. The number of benzene rings is 2. The van der Waals surface area contributed by atoms with Crippen molar-refractivity contribution in [2.75, 3.05) is 19.6 Å². The van der Waals surface area contributed by atoms with Crippen molar-refractivity contribution in [3.8, 4) is 0 Å². The molecule has 0 bridgehead atoms. The lowest BCUT2D eigenvalue weighted by atomic mass is 10.0. The number of H-pyrrole nitrogens is 1. The van der Waals surface area contributed by atoms with Crippen molar-refractivity contribution in [1.82, 2.24) is 15.2 Å². The molecule has 28 heavy (non-hydrogen) atoms. The molecule has 1 fully saturated rings. The standard InChI is InChI=1S/C23H25N3O2/c1-16-8-10-17(11-9-16)21(26-12-4-5-13-26)15-25-23(28)20-14-24-22(27)19-7-3-2-6-18(19)20/h2-3,6-11,14,21H,4-5,12-13,15H2,1H3,(H,24,27)(H,25,28). The predicted molar refractivity (Wildman–Crippen MR) is 112 cm³/mol. The number of hydrogen-bond acceptors (Lipinski definition) is 3. The van der Waals surface area contributed by atoms with Crippen LogP contribution in [0, 0.1) is 6.92 Å². The van der Waals surface area contributed by atoms with Gasteiger partial charge in [0.15, 0.2) is 0 Å². The van der Waals surface area contributed by atoms with E-state index in [1.807, 2.05) is 12.1 Å². The lowest BCUT2D eigenvalue weighted by Crippen LogP contribution is -2.37. The van der Waals surface area contributed by atoms with E-state index in [0.717, 1.165) is 13.1 Å². The summed E-state index contributed by atoms with van der Waals surface area (Å²) >= 11 is 0. The topological polar surface area (TPSA) is 65.2 Å². The quantitative estimate of drug-likeness (QED) is 0.718. The molecule has 1 amide bonds. The zero-order valence-corrected chi connectivity index (χ0v) is 16.1. The van der Waals surface area contributed by atoms with Crippen LogP contribution in [0.25, 0.3) is 10.8 Å². The number of amides is 1. The molecule has 3 aromatic rings. The van der Waals surface area contributed by atoms with Gasteiger partial charge in [-0.3, -0.25) is 14.5 Å². The van der Waals surface area contributed by atoms with Crippen molar-refractivity contribution < 1.29 is 4.79 Å². The first-order valence-corrected chi connectivity index (χ1v) is 9.83. The summed E-state index contributed by atoms with van der Waals surface area (Å²) in [7, 11) is 0. The second kappa shape index (κ2) is 7.98. The van der Waals surface area contributed by atoms with Gasteiger partial charge in [0.2, 0.25) is 0 Å². The Morgan fingerprint density at radius 1 is 1.07 bits per heavy atom. The Bertz CT molecular complexity index is 1030. The Hall–Kier alpha value is -2.92. The van der Waals surface area contributed by atoms with E-state index in [2.05, 4.69) is 46.4 Å². The van der Waals surface area contributed by atoms with Crippen LogP contribution in [0.1, 0.15) is 40.4 Å². The van der Waals surface area contributed by atoms with E-state index in [4.69, 9.17) is 0 Å². The van der Waals surface area contributed by atoms with E-state index < -0.39 is 0 Å². The molecule has 0 radical (unpaired) electrons. The van der Waals surface area contributed by atoms with Crippen molar-refractivity contribution in [2.45, 2.75) is 25.8 Å². The summed E-state index contributed by atoms with van der Waals surface area (Å²) in [5, 5.41) is 4.31. The first-order chi connectivity index (χ1) is 13.6. The molecule has 2 heterocycles. The number of aromatic amines is 1. The Morgan fingerprint density at radius 2 is 1.75 bits per heavy atom. The third-order valence-electron chi connectivity index (χ3n) is 5.55. The number of nitrogens with zero attached hydrogens (tertiary/aromatic N) is 1. The van der Waals surface area contributed by atoms with Crippen molar-refractivity contribution >= 4 is 16.7 Å². The smallest absolute Gasteiger partial charge is 0.255 e. The second-order valence-corrected chi connectivity index (χ2v) is 7.46. The maximum Gasteiger partial charge on any atom is 0.255 e. The molecule has 1 unspecified atom stereocenters. The number of likely N-dealkylation sites (tertiary alicyclic amines) is 1. The summed E-state index contributed by atoms with van der Waals surface area (Å²) in [6.45, 7) is 4.72. The van der Waals surface area contributed by atoms with E-state index in [-0.39, 0.29) is 17.5 Å². The van der Waals surface area contributed by atoms with Gasteiger partial charge in [0.05, 0.1) is 11.6 Å². The van der Waals surface area contributed by atoms with Gasteiger partial charge in [0.25, 0.3) is 11.5 Å². The van der Waals surface area contributed by atoms with Crippen LogP contribution in [-0.4, -0.2) is 35.4 Å². The van der Waals surface area contributed by atoms with Gasteiger partial charge in [0, 0.05) is 23.5 Å². The van der Waals surface area contributed by atoms with Gasteiger partial charge in [-0.2, -0.15) is 0 Å². The van der Waals surface area contributed by atoms with Crippen LogP contribution >= 0.6 is 0 Å². The summed E-state index contributed by atoms with van der Waals surface area (Å²) < 4.78 is 0. The molecule has 4 rings (SSSR count). The number of aromatic nitrogens is 1. The average molecular weight is 375 g/mol. The Morgan fingerprint density at radius 3 is 2.46 bits per heavy atom. The fraction of sp³-hybridized carbons (Fsp3) is 0.304. The molecule has 0 saturated carbocycles. The summed E-state index contributed by atoms with van der Waals surface area (Å²) in [5.74, 6) is -0.163. The lowest BCUT2D eigenvalue weighted by molar-refractivity contribution is 0.0939. The number of carbonyl (C=O) groups is 1. The molecule has 1 aliphatic heterocycles. The number of hydrogen-bond donors (Lipinski definition) is 2. The first kappa shape index (κ1) is 18.4. The van der Waals surface area contributed by atoms with Gasteiger partial charge in [-0.1, -0.05) is 48.0 Å². The fourth-order valence-electron chi connectivity index (χ4n) is 3.98. The highest BCUT2D eigenvalue weighted by molar-refractivity contribution is 6.06. The molecule has 1 atom stereocenters. The number of nitrogens with one attached hydrogen (secondary N) is 2. The fourth-order valence-corrected chi connectivity index (χ4v) is 3.98. The Labute approximate surface area is 164 Å². The summed E-state index contributed by atoms with van der Waals surface area (Å²) in [5.41, 5.74) is 2.77. The van der Waals surface area contributed by atoms with E-state index in [1.165, 1.54) is 30.2 Å². The van der Waals surface area contributed by atoms with Crippen molar-refractivity contribution in [2.24, 2.45) is 0 Å². The van der Waals surface area contributed by atoms with E-state index >= 15 is 0 Å². The number of rotatable bonds is 5. The highest BCUT2D eigenvalue weighted by atomic mass is 16.1. The molecule has 144 valence electrons. The molecular formula is C23H25N3O2. The molecule has 1 aromatic heterocycles. The number of pyridine rings is 1. The minimum Gasteiger partial charge on any atom is -0.350 e. The largest absolute Gasteiger partial charge is 0.350 e. The van der Waals surface area contributed by atoms with E-state index in [1.54, 1.807) is 12.1 Å². The summed E-state index contributed by atoms with van der Waals surface area (Å²) in [4.78, 5) is 30.1. The first-order valence-electron chi connectivity index (χ1n) is 9.83. The second-order valence-electron chi connectivity index (χ2n) is 7.46. The maximum atomic E-state index is 12.9. The van der Waals surface area contributed by atoms with E-state index in [9.17, 15) is 9.59 Å². The van der Waals surface area contributed by atoms with Crippen LogP contribution in [0.3, 0.4) is 0 Å². The zero-order valence-electron chi connectivity index (χ0n) is 16.1. The van der Waals surface area contributed by atoms with Crippen LogP contribution in [0.5, 0.6) is 0 Å². The third-order valence-corrected chi connectivity index (χ3v) is 5.55. The predicted octanol–water partition coefficient (Wildman–Crippen LogP) is 3.40. The molecule has 0 spiro atoms. The average Bonchev–Trinajstić information content (AvgIpc) is 3.24. The minimum atomic E-state index is -0.179. The van der Waals surface area contributed by atoms with Gasteiger partial charge >= 0.3 is 0 Å². The highest BCUT2D eigenvalue weighted by Crippen LogP contribution is 2.25. The van der Waals surface area contributed by atoms with Gasteiger partial charge in [-0.25, -0.2) is 0 Å². The SMILES string of the molecule is Cc1ccc(C(CNC(=O)c2c[nH]c(=O)c3ccccc23)N2CCCC2)cc1. The van der Waals surface area contributed by atoms with Gasteiger partial charge < -0.3 is 10.3 Å². The number of carbonyl (C=O) groups excluding carboxylic acids is 1. The number of aryl methyl sites for hydroxylation is 1. The van der Waals surface area contributed by atoms with Crippen LogP contribution in [0.15, 0.2) is 59.5 Å². The molecule has 2 aromatic carbocycles. The van der Waals surface area contributed by atoms with Crippen molar-refractivity contribution in [3.05, 3.63) is 81.8 Å². The molecule has 5 nitrogen and oxygen atoms in total. The van der Waals surface area contributed by atoms with Crippen LogP contribution < -0.4 is 10.9 Å². The lowest BCUT2D eigenvalue weighted by Gasteiger charge is -2.28. The normalized spacial score (nSPS) is 15.6. The van der Waals surface area contributed by atoms with Crippen LogP contribution in [0.2, 0.25) is 0 Å². The molecule has 2 N–H and O–H groups in total. The molecule has 1 saturated heterocycles. The maximum absolute atomic E-state index is 12.9. The Balaban J connectivity index is 1.57. The monoisotopic (exact) mass is 375 g/mol.